The average molecular weight is 289 g/mol. The Bertz CT molecular complexity index is 465. The van der Waals surface area contributed by atoms with Gasteiger partial charge in [0.25, 0.3) is 0 Å². The number of hydrogen-bond donors (Lipinski definition) is 1. The van der Waals surface area contributed by atoms with Gasteiger partial charge in [0.15, 0.2) is 0 Å². The Balaban J connectivity index is 1.65. The van der Waals surface area contributed by atoms with E-state index in [9.17, 15) is 0 Å². The van der Waals surface area contributed by atoms with Crippen LogP contribution < -0.4 is 10.5 Å². The molecule has 0 saturated carbocycles. The highest BCUT2D eigenvalue weighted by Gasteiger charge is 2.29. The van der Waals surface area contributed by atoms with Crippen LogP contribution in [0.5, 0.6) is 5.75 Å². The third-order valence-electron chi connectivity index (χ3n) is 4.88. The van der Waals surface area contributed by atoms with Gasteiger partial charge in [-0.1, -0.05) is 18.2 Å². The van der Waals surface area contributed by atoms with Gasteiger partial charge in [0.2, 0.25) is 0 Å². The maximum absolute atomic E-state index is 6.46. The molecule has 0 amide bonds. The molecule has 0 aromatic heterocycles. The van der Waals surface area contributed by atoms with Crippen LogP contribution in [0.15, 0.2) is 24.3 Å². The number of nitrogens with two attached hydrogens (primary N) is 1. The predicted molar refractivity (Wildman–Crippen MR) is 85.6 cm³/mol. The van der Waals surface area contributed by atoms with Crippen LogP contribution in [-0.4, -0.2) is 55.7 Å². The van der Waals surface area contributed by atoms with Crippen LogP contribution in [0.3, 0.4) is 0 Å². The van der Waals surface area contributed by atoms with E-state index in [1.54, 1.807) is 7.11 Å². The lowest BCUT2D eigenvalue weighted by molar-refractivity contribution is 0.212. The first-order chi connectivity index (χ1) is 10.3. The molecule has 2 saturated heterocycles. The summed E-state index contributed by atoms with van der Waals surface area (Å²) in [6, 6.07) is 8.89. The third kappa shape index (κ3) is 3.39. The molecule has 0 spiro atoms. The zero-order valence-electron chi connectivity index (χ0n) is 13.0. The molecule has 0 radical (unpaired) electrons. The number of hydrogen-bond acceptors (Lipinski definition) is 4. The minimum Gasteiger partial charge on any atom is -0.496 e. The SMILES string of the molecule is COc1ccccc1C(N)CN1CCCN2CCCC2C1. The van der Waals surface area contributed by atoms with Crippen LogP contribution >= 0.6 is 0 Å². The Kier molecular flexibility index (Phi) is 4.78. The zero-order chi connectivity index (χ0) is 14.7. The lowest BCUT2D eigenvalue weighted by Crippen LogP contribution is -2.39. The Morgan fingerprint density at radius 2 is 2.05 bits per heavy atom. The number of methoxy groups -OCH3 is 1. The number of para-hydroxylation sites is 1. The minimum atomic E-state index is 0.0223. The Hall–Kier alpha value is -1.10. The molecule has 4 nitrogen and oxygen atoms in total. The normalized spacial score (nSPS) is 25.3. The van der Waals surface area contributed by atoms with Crippen molar-refractivity contribution >= 4 is 0 Å². The summed E-state index contributed by atoms with van der Waals surface area (Å²) in [6.07, 6.45) is 3.96. The van der Waals surface area contributed by atoms with E-state index in [0.717, 1.165) is 30.4 Å². The van der Waals surface area contributed by atoms with Crippen LogP contribution in [-0.2, 0) is 0 Å². The second kappa shape index (κ2) is 6.77. The van der Waals surface area contributed by atoms with Gasteiger partial charge in [0, 0.05) is 30.7 Å². The lowest BCUT2D eigenvalue weighted by atomic mass is 10.1. The van der Waals surface area contributed by atoms with Gasteiger partial charge in [-0.2, -0.15) is 0 Å². The summed E-state index contributed by atoms with van der Waals surface area (Å²) in [7, 11) is 1.72. The van der Waals surface area contributed by atoms with E-state index in [1.807, 2.05) is 18.2 Å². The van der Waals surface area contributed by atoms with Gasteiger partial charge in [-0.05, 0) is 45.0 Å². The van der Waals surface area contributed by atoms with Gasteiger partial charge >= 0.3 is 0 Å². The summed E-state index contributed by atoms with van der Waals surface area (Å²) < 4.78 is 5.44. The zero-order valence-corrected chi connectivity index (χ0v) is 13.0. The average Bonchev–Trinajstić information content (AvgIpc) is 2.86. The molecule has 2 atom stereocenters. The topological polar surface area (TPSA) is 41.7 Å². The number of rotatable bonds is 4. The van der Waals surface area contributed by atoms with E-state index in [2.05, 4.69) is 15.9 Å². The van der Waals surface area contributed by atoms with Crippen molar-refractivity contribution < 1.29 is 4.74 Å². The number of ether oxygens (including phenoxy) is 1. The summed E-state index contributed by atoms with van der Waals surface area (Å²) >= 11 is 0. The molecule has 2 N–H and O–H groups in total. The molecule has 2 heterocycles. The molecule has 21 heavy (non-hydrogen) atoms. The first-order valence-electron chi connectivity index (χ1n) is 8.13. The van der Waals surface area contributed by atoms with Crippen molar-refractivity contribution in [2.45, 2.75) is 31.3 Å². The smallest absolute Gasteiger partial charge is 0.123 e. The van der Waals surface area contributed by atoms with E-state index in [4.69, 9.17) is 10.5 Å². The van der Waals surface area contributed by atoms with Crippen molar-refractivity contribution in [2.75, 3.05) is 39.8 Å². The van der Waals surface area contributed by atoms with E-state index in [0.29, 0.717) is 0 Å². The summed E-state index contributed by atoms with van der Waals surface area (Å²) in [6.45, 7) is 5.80. The van der Waals surface area contributed by atoms with E-state index < -0.39 is 0 Å². The van der Waals surface area contributed by atoms with Gasteiger partial charge < -0.3 is 10.5 Å². The van der Waals surface area contributed by atoms with Gasteiger partial charge in [0.1, 0.15) is 5.75 Å². The second-order valence-electron chi connectivity index (χ2n) is 6.29. The molecule has 2 unspecified atom stereocenters. The number of benzene rings is 1. The molecule has 2 fully saturated rings. The quantitative estimate of drug-likeness (QED) is 0.919. The highest BCUT2D eigenvalue weighted by molar-refractivity contribution is 5.35. The maximum Gasteiger partial charge on any atom is 0.123 e. The fraction of sp³-hybridized carbons (Fsp3) is 0.647. The molecule has 116 valence electrons. The predicted octanol–water partition coefficient (Wildman–Crippen LogP) is 1.87. The highest BCUT2D eigenvalue weighted by Crippen LogP contribution is 2.26. The van der Waals surface area contributed by atoms with Crippen molar-refractivity contribution in [2.24, 2.45) is 5.73 Å². The molecule has 1 aromatic carbocycles. The lowest BCUT2D eigenvalue weighted by Gasteiger charge is -2.28. The molecule has 3 rings (SSSR count). The van der Waals surface area contributed by atoms with E-state index in [-0.39, 0.29) is 6.04 Å². The largest absolute Gasteiger partial charge is 0.496 e. The van der Waals surface area contributed by atoms with Crippen molar-refractivity contribution in [3.63, 3.8) is 0 Å². The van der Waals surface area contributed by atoms with Crippen LogP contribution in [0, 0.1) is 0 Å². The van der Waals surface area contributed by atoms with Crippen LogP contribution in [0.1, 0.15) is 30.9 Å². The van der Waals surface area contributed by atoms with Crippen molar-refractivity contribution in [1.82, 2.24) is 9.80 Å². The summed E-state index contributed by atoms with van der Waals surface area (Å²) in [4.78, 5) is 5.21. The van der Waals surface area contributed by atoms with Crippen molar-refractivity contribution in [1.29, 1.82) is 0 Å². The first kappa shape index (κ1) is 14.8. The molecule has 0 aliphatic carbocycles. The van der Waals surface area contributed by atoms with Crippen molar-refractivity contribution in [3.8, 4) is 5.75 Å². The molecular formula is C17H27N3O. The maximum atomic E-state index is 6.46. The van der Waals surface area contributed by atoms with Crippen molar-refractivity contribution in [3.05, 3.63) is 29.8 Å². The highest BCUT2D eigenvalue weighted by atomic mass is 16.5. The summed E-state index contributed by atoms with van der Waals surface area (Å²) in [5, 5.41) is 0. The van der Waals surface area contributed by atoms with Gasteiger partial charge in [-0.15, -0.1) is 0 Å². The Morgan fingerprint density at radius 1 is 1.24 bits per heavy atom. The minimum absolute atomic E-state index is 0.0223. The fourth-order valence-electron chi connectivity index (χ4n) is 3.80. The van der Waals surface area contributed by atoms with E-state index >= 15 is 0 Å². The van der Waals surface area contributed by atoms with Gasteiger partial charge in [-0.25, -0.2) is 0 Å². The third-order valence-corrected chi connectivity index (χ3v) is 4.88. The molecule has 4 heteroatoms. The van der Waals surface area contributed by atoms with Crippen LogP contribution in [0.25, 0.3) is 0 Å². The first-order valence-corrected chi connectivity index (χ1v) is 8.13. The van der Waals surface area contributed by atoms with Crippen LogP contribution in [0.4, 0.5) is 0 Å². The summed E-state index contributed by atoms with van der Waals surface area (Å²) in [5.74, 6) is 0.905. The number of nitrogens with zero attached hydrogens (tertiary/aromatic N) is 2. The van der Waals surface area contributed by atoms with Crippen LogP contribution in [0.2, 0.25) is 0 Å². The standard InChI is InChI=1S/C17H27N3O/c1-21-17-8-3-2-7-15(17)16(18)13-19-9-5-11-20-10-4-6-14(20)12-19/h2-3,7-8,14,16H,4-6,9-13,18H2,1H3. The van der Waals surface area contributed by atoms with Gasteiger partial charge in [0.05, 0.1) is 7.11 Å². The summed E-state index contributed by atoms with van der Waals surface area (Å²) in [5.41, 5.74) is 7.57. The second-order valence-corrected chi connectivity index (χ2v) is 6.29. The Labute approximate surface area is 127 Å². The van der Waals surface area contributed by atoms with Gasteiger partial charge in [-0.3, -0.25) is 9.80 Å². The van der Waals surface area contributed by atoms with E-state index in [1.165, 1.54) is 38.9 Å². The number of fused-ring (bicyclic) bond motifs is 1. The monoisotopic (exact) mass is 289 g/mol. The molecule has 1 aromatic rings. The molecule has 0 bridgehead atoms. The Morgan fingerprint density at radius 3 is 2.90 bits per heavy atom. The molecular weight excluding hydrogens is 262 g/mol. The molecule has 2 aliphatic heterocycles. The molecule has 2 aliphatic rings. The fourth-order valence-corrected chi connectivity index (χ4v) is 3.80.